The molecule has 1 rings (SSSR count). The maximum absolute atomic E-state index is 13.5. The highest BCUT2D eigenvalue weighted by molar-refractivity contribution is 5.50. The molecule has 0 aliphatic rings. The number of rotatable bonds is 4. The van der Waals surface area contributed by atoms with Crippen molar-refractivity contribution in [2.75, 3.05) is 25.1 Å². The Kier molecular flexibility index (Phi) is 3.99. The fourth-order valence-corrected chi connectivity index (χ4v) is 1.36. The van der Waals surface area contributed by atoms with E-state index in [4.69, 9.17) is 10.8 Å². The second-order valence-electron chi connectivity index (χ2n) is 3.26. The van der Waals surface area contributed by atoms with Gasteiger partial charge in [0.1, 0.15) is 17.3 Å². The van der Waals surface area contributed by atoms with Gasteiger partial charge >= 0.3 is 0 Å². The first-order valence-electron chi connectivity index (χ1n) is 4.60. The molecule has 0 unspecified atom stereocenters. The summed E-state index contributed by atoms with van der Waals surface area (Å²) in [6, 6.07) is 2.40. The van der Waals surface area contributed by atoms with E-state index in [0.717, 1.165) is 0 Å². The fourth-order valence-electron chi connectivity index (χ4n) is 1.36. The van der Waals surface area contributed by atoms with E-state index in [-0.39, 0.29) is 25.4 Å². The van der Waals surface area contributed by atoms with Gasteiger partial charge in [-0.2, -0.15) is 0 Å². The summed E-state index contributed by atoms with van der Waals surface area (Å²) < 4.78 is 26.9. The summed E-state index contributed by atoms with van der Waals surface area (Å²) in [5, 5.41) is 8.67. The topological polar surface area (TPSA) is 49.5 Å². The van der Waals surface area contributed by atoms with Crippen LogP contribution in [0.5, 0.6) is 0 Å². The van der Waals surface area contributed by atoms with E-state index in [1.54, 1.807) is 0 Å². The molecular formula is C10H14F2N2O. The Morgan fingerprint density at radius 1 is 1.33 bits per heavy atom. The van der Waals surface area contributed by atoms with Gasteiger partial charge in [0.2, 0.25) is 0 Å². The van der Waals surface area contributed by atoms with Crippen molar-refractivity contribution in [3.8, 4) is 0 Å². The molecule has 0 aliphatic heterocycles. The molecule has 0 spiro atoms. The molecular weight excluding hydrogens is 202 g/mol. The van der Waals surface area contributed by atoms with Crippen LogP contribution in [0.4, 0.5) is 14.5 Å². The minimum atomic E-state index is -0.661. The second kappa shape index (κ2) is 5.04. The summed E-state index contributed by atoms with van der Waals surface area (Å²) in [6.07, 6.45) is 0. The Hall–Kier alpha value is -1.20. The largest absolute Gasteiger partial charge is 0.395 e. The summed E-state index contributed by atoms with van der Waals surface area (Å²) >= 11 is 0. The van der Waals surface area contributed by atoms with Crippen LogP contribution in [0.3, 0.4) is 0 Å². The summed E-state index contributed by atoms with van der Waals surface area (Å²) in [6.45, 7) is 0.113. The van der Waals surface area contributed by atoms with Gasteiger partial charge in [-0.05, 0) is 17.7 Å². The smallest absolute Gasteiger partial charge is 0.149 e. The first kappa shape index (κ1) is 11.9. The van der Waals surface area contributed by atoms with Crippen molar-refractivity contribution in [2.24, 2.45) is 5.73 Å². The standard InChI is InChI=1S/C10H14F2N2O/c1-14(2-3-15)10-8(11)4-7(6-13)5-9(10)12/h4-5,15H,2-3,6,13H2,1H3. The number of aliphatic hydroxyl groups is 1. The number of likely N-dealkylation sites (N-methyl/N-ethyl adjacent to an activating group) is 1. The Morgan fingerprint density at radius 3 is 2.27 bits per heavy atom. The molecule has 0 radical (unpaired) electrons. The summed E-state index contributed by atoms with van der Waals surface area (Å²) in [5.41, 5.74) is 5.56. The van der Waals surface area contributed by atoms with Gasteiger partial charge in [0.25, 0.3) is 0 Å². The Labute approximate surface area is 87.1 Å². The Bertz CT molecular complexity index is 321. The predicted molar refractivity (Wildman–Crippen MR) is 54.6 cm³/mol. The van der Waals surface area contributed by atoms with Crippen LogP contribution in [0.2, 0.25) is 0 Å². The van der Waals surface area contributed by atoms with E-state index in [1.165, 1.54) is 24.1 Å². The van der Waals surface area contributed by atoms with Crippen LogP contribution in [-0.4, -0.2) is 25.3 Å². The van der Waals surface area contributed by atoms with Gasteiger partial charge in [-0.25, -0.2) is 8.78 Å². The maximum Gasteiger partial charge on any atom is 0.149 e. The molecule has 0 aromatic heterocycles. The van der Waals surface area contributed by atoms with E-state index in [1.807, 2.05) is 0 Å². The number of hydrogen-bond donors (Lipinski definition) is 2. The number of nitrogens with zero attached hydrogens (tertiary/aromatic N) is 1. The van der Waals surface area contributed by atoms with E-state index >= 15 is 0 Å². The highest BCUT2D eigenvalue weighted by Crippen LogP contribution is 2.23. The van der Waals surface area contributed by atoms with Gasteiger partial charge in [0.05, 0.1) is 6.61 Å². The second-order valence-corrected chi connectivity index (χ2v) is 3.26. The van der Waals surface area contributed by atoms with Gasteiger partial charge < -0.3 is 15.7 Å². The molecule has 0 saturated heterocycles. The maximum atomic E-state index is 13.5. The minimum Gasteiger partial charge on any atom is -0.395 e. The molecule has 0 fully saturated rings. The van der Waals surface area contributed by atoms with Crippen LogP contribution in [0, 0.1) is 11.6 Å². The van der Waals surface area contributed by atoms with E-state index < -0.39 is 11.6 Å². The highest BCUT2D eigenvalue weighted by Gasteiger charge is 2.14. The van der Waals surface area contributed by atoms with Gasteiger partial charge in [0.15, 0.2) is 0 Å². The van der Waals surface area contributed by atoms with E-state index in [2.05, 4.69) is 0 Å². The van der Waals surface area contributed by atoms with Crippen molar-refractivity contribution in [2.45, 2.75) is 6.54 Å². The van der Waals surface area contributed by atoms with Crippen molar-refractivity contribution in [3.63, 3.8) is 0 Å². The fraction of sp³-hybridized carbons (Fsp3) is 0.400. The van der Waals surface area contributed by atoms with Crippen LogP contribution in [0.15, 0.2) is 12.1 Å². The lowest BCUT2D eigenvalue weighted by Crippen LogP contribution is -2.23. The van der Waals surface area contributed by atoms with Gasteiger partial charge in [0, 0.05) is 20.1 Å². The summed E-state index contributed by atoms with van der Waals surface area (Å²) in [4.78, 5) is 1.32. The molecule has 3 nitrogen and oxygen atoms in total. The van der Waals surface area contributed by atoms with Crippen molar-refractivity contribution < 1.29 is 13.9 Å². The predicted octanol–water partition coefficient (Wildman–Crippen LogP) is 0.852. The van der Waals surface area contributed by atoms with Crippen LogP contribution in [0.25, 0.3) is 0 Å². The van der Waals surface area contributed by atoms with E-state index in [9.17, 15) is 8.78 Å². The quantitative estimate of drug-likeness (QED) is 0.784. The summed E-state index contributed by atoms with van der Waals surface area (Å²) in [7, 11) is 1.51. The number of aliphatic hydroxyl groups excluding tert-OH is 1. The third-order valence-electron chi connectivity index (χ3n) is 2.13. The third-order valence-corrected chi connectivity index (χ3v) is 2.13. The molecule has 15 heavy (non-hydrogen) atoms. The van der Waals surface area contributed by atoms with Gasteiger partial charge in [-0.15, -0.1) is 0 Å². The molecule has 0 amide bonds. The number of benzene rings is 1. The minimum absolute atomic E-state index is 0.0951. The average Bonchev–Trinajstić information content (AvgIpc) is 2.16. The molecule has 0 saturated carbocycles. The molecule has 5 heteroatoms. The van der Waals surface area contributed by atoms with Crippen molar-refractivity contribution in [3.05, 3.63) is 29.3 Å². The van der Waals surface area contributed by atoms with Crippen LogP contribution in [-0.2, 0) is 6.54 Å². The first-order chi connectivity index (χ1) is 7.10. The zero-order chi connectivity index (χ0) is 11.4. The normalized spacial score (nSPS) is 10.5. The molecule has 84 valence electrons. The van der Waals surface area contributed by atoms with Crippen LogP contribution < -0.4 is 10.6 Å². The van der Waals surface area contributed by atoms with Gasteiger partial charge in [-0.1, -0.05) is 0 Å². The SMILES string of the molecule is CN(CCO)c1c(F)cc(CN)cc1F. The van der Waals surface area contributed by atoms with Gasteiger partial charge in [-0.3, -0.25) is 0 Å². The number of hydrogen-bond acceptors (Lipinski definition) is 3. The number of nitrogens with two attached hydrogens (primary N) is 1. The van der Waals surface area contributed by atoms with Crippen molar-refractivity contribution >= 4 is 5.69 Å². The number of anilines is 1. The van der Waals surface area contributed by atoms with Crippen LogP contribution >= 0.6 is 0 Å². The number of halogens is 2. The highest BCUT2D eigenvalue weighted by atomic mass is 19.1. The third kappa shape index (κ3) is 2.64. The van der Waals surface area contributed by atoms with Crippen molar-refractivity contribution in [1.82, 2.24) is 0 Å². The molecule has 0 bridgehead atoms. The summed E-state index contributed by atoms with van der Waals surface area (Å²) in [5.74, 6) is -1.32. The van der Waals surface area contributed by atoms with Crippen LogP contribution in [0.1, 0.15) is 5.56 Å². The zero-order valence-electron chi connectivity index (χ0n) is 8.50. The Balaban J connectivity index is 3.07. The molecule has 0 aliphatic carbocycles. The zero-order valence-corrected chi connectivity index (χ0v) is 8.50. The lowest BCUT2D eigenvalue weighted by Gasteiger charge is -2.19. The molecule has 0 atom stereocenters. The van der Waals surface area contributed by atoms with Crippen molar-refractivity contribution in [1.29, 1.82) is 0 Å². The molecule has 1 aromatic carbocycles. The Morgan fingerprint density at radius 2 is 1.87 bits per heavy atom. The molecule has 3 N–H and O–H groups in total. The van der Waals surface area contributed by atoms with E-state index in [0.29, 0.717) is 5.56 Å². The average molecular weight is 216 g/mol. The monoisotopic (exact) mass is 216 g/mol. The molecule has 1 aromatic rings. The lowest BCUT2D eigenvalue weighted by molar-refractivity contribution is 0.303. The lowest BCUT2D eigenvalue weighted by atomic mass is 10.1. The molecule has 0 heterocycles. The first-order valence-corrected chi connectivity index (χ1v) is 4.60.